The zero-order valence-corrected chi connectivity index (χ0v) is 14.2. The van der Waals surface area contributed by atoms with E-state index in [0.717, 1.165) is 0 Å². The number of hydrogen-bond acceptors (Lipinski definition) is 5. The molecule has 3 amide bonds. The Bertz CT molecular complexity index is 747. The molecule has 0 fully saturated rings. The van der Waals surface area contributed by atoms with Gasteiger partial charge >= 0.3 is 12.0 Å². The highest BCUT2D eigenvalue weighted by Gasteiger charge is 2.08. The smallest absolute Gasteiger partial charge is 0.338 e. The standard InChI is InChI=1S/C18H19N3O5/c1-2-25-17(23)13-8-10-15(11-9-13)26-12-16(22)20-21-18(24)19-14-6-4-3-5-7-14/h3-11H,2,12H2,1H3,(H,20,22)(H2,19,21,24). The second-order valence-electron chi connectivity index (χ2n) is 5.03. The summed E-state index contributed by atoms with van der Waals surface area (Å²) in [4.78, 5) is 34.8. The molecule has 8 nitrogen and oxygen atoms in total. The zero-order chi connectivity index (χ0) is 18.8. The molecule has 3 N–H and O–H groups in total. The molecule has 2 aromatic carbocycles. The Kier molecular flexibility index (Phi) is 6.99. The highest BCUT2D eigenvalue weighted by Crippen LogP contribution is 2.12. The minimum Gasteiger partial charge on any atom is -0.484 e. The predicted octanol–water partition coefficient (Wildman–Crippen LogP) is 2.09. The molecule has 0 atom stereocenters. The molecular weight excluding hydrogens is 338 g/mol. The van der Waals surface area contributed by atoms with Crippen LogP contribution < -0.4 is 20.9 Å². The molecule has 0 bridgehead atoms. The fraction of sp³-hybridized carbons (Fsp3) is 0.167. The van der Waals surface area contributed by atoms with Gasteiger partial charge in [0.2, 0.25) is 0 Å². The summed E-state index contributed by atoms with van der Waals surface area (Å²) in [5.74, 6) is -0.560. The summed E-state index contributed by atoms with van der Waals surface area (Å²) in [6.07, 6.45) is 0. The first-order valence-electron chi connectivity index (χ1n) is 7.89. The van der Waals surface area contributed by atoms with Crippen molar-refractivity contribution in [3.8, 4) is 5.75 Å². The number of ether oxygens (including phenoxy) is 2. The number of hydrazine groups is 1. The second kappa shape index (κ2) is 9.67. The maximum Gasteiger partial charge on any atom is 0.338 e. The van der Waals surface area contributed by atoms with Gasteiger partial charge < -0.3 is 14.8 Å². The number of rotatable bonds is 6. The van der Waals surface area contributed by atoms with Gasteiger partial charge in [0.25, 0.3) is 5.91 Å². The van der Waals surface area contributed by atoms with Crippen molar-refractivity contribution in [2.24, 2.45) is 0 Å². The maximum atomic E-state index is 11.7. The van der Waals surface area contributed by atoms with Crippen LogP contribution in [0.1, 0.15) is 17.3 Å². The van der Waals surface area contributed by atoms with Gasteiger partial charge in [-0.2, -0.15) is 0 Å². The van der Waals surface area contributed by atoms with Gasteiger partial charge in [0.1, 0.15) is 5.75 Å². The van der Waals surface area contributed by atoms with E-state index in [0.29, 0.717) is 23.6 Å². The van der Waals surface area contributed by atoms with Crippen molar-refractivity contribution in [3.05, 3.63) is 60.2 Å². The van der Waals surface area contributed by atoms with E-state index in [2.05, 4.69) is 16.2 Å². The number of carbonyl (C=O) groups is 3. The molecule has 0 aliphatic rings. The van der Waals surface area contributed by atoms with Crippen LogP contribution in [0.5, 0.6) is 5.75 Å². The van der Waals surface area contributed by atoms with Crippen molar-refractivity contribution in [3.63, 3.8) is 0 Å². The van der Waals surface area contributed by atoms with Gasteiger partial charge in [-0.1, -0.05) is 18.2 Å². The van der Waals surface area contributed by atoms with E-state index in [1.165, 1.54) is 12.1 Å². The largest absolute Gasteiger partial charge is 0.484 e. The molecule has 0 spiro atoms. The van der Waals surface area contributed by atoms with Gasteiger partial charge in [0.05, 0.1) is 12.2 Å². The van der Waals surface area contributed by atoms with E-state index in [-0.39, 0.29) is 6.61 Å². The second-order valence-corrected chi connectivity index (χ2v) is 5.03. The first-order valence-corrected chi connectivity index (χ1v) is 7.89. The minimum atomic E-state index is -0.580. The van der Waals surface area contributed by atoms with Crippen LogP contribution >= 0.6 is 0 Å². The summed E-state index contributed by atoms with van der Waals surface area (Å²) in [6.45, 7) is 1.72. The maximum absolute atomic E-state index is 11.7. The number of hydrogen-bond donors (Lipinski definition) is 3. The van der Waals surface area contributed by atoms with Crippen molar-refractivity contribution in [2.45, 2.75) is 6.92 Å². The van der Waals surface area contributed by atoms with Crippen LogP contribution in [0.2, 0.25) is 0 Å². The monoisotopic (exact) mass is 357 g/mol. The average molecular weight is 357 g/mol. The number of anilines is 1. The summed E-state index contributed by atoms with van der Waals surface area (Å²) >= 11 is 0. The zero-order valence-electron chi connectivity index (χ0n) is 14.2. The van der Waals surface area contributed by atoms with E-state index < -0.39 is 17.9 Å². The molecule has 0 aliphatic heterocycles. The first-order chi connectivity index (χ1) is 12.6. The van der Waals surface area contributed by atoms with Crippen molar-refractivity contribution >= 4 is 23.6 Å². The molecule has 0 heterocycles. The number of para-hydroxylation sites is 1. The fourth-order valence-electron chi connectivity index (χ4n) is 1.90. The average Bonchev–Trinajstić information content (AvgIpc) is 2.66. The third-order valence-electron chi connectivity index (χ3n) is 3.08. The highest BCUT2D eigenvalue weighted by molar-refractivity contribution is 5.91. The normalized spacial score (nSPS) is 9.73. The molecule has 0 aromatic heterocycles. The number of benzene rings is 2. The van der Waals surface area contributed by atoms with E-state index in [1.807, 2.05) is 6.07 Å². The molecule has 0 aliphatic carbocycles. The lowest BCUT2D eigenvalue weighted by Gasteiger charge is -2.10. The van der Waals surface area contributed by atoms with Gasteiger partial charge in [-0.15, -0.1) is 0 Å². The lowest BCUT2D eigenvalue weighted by molar-refractivity contribution is -0.123. The Hall–Kier alpha value is -3.55. The molecule has 26 heavy (non-hydrogen) atoms. The quantitative estimate of drug-likeness (QED) is 0.542. The van der Waals surface area contributed by atoms with Crippen LogP contribution in [-0.2, 0) is 9.53 Å². The summed E-state index contributed by atoms with van der Waals surface area (Å²) < 4.78 is 10.2. The van der Waals surface area contributed by atoms with Crippen molar-refractivity contribution in [1.82, 2.24) is 10.9 Å². The van der Waals surface area contributed by atoms with Crippen LogP contribution in [0.15, 0.2) is 54.6 Å². The molecule has 0 radical (unpaired) electrons. The van der Waals surface area contributed by atoms with E-state index in [1.54, 1.807) is 43.3 Å². The Morgan fingerprint density at radius 1 is 0.923 bits per heavy atom. The molecule has 8 heteroatoms. The molecule has 2 aromatic rings. The lowest BCUT2D eigenvalue weighted by atomic mass is 10.2. The van der Waals surface area contributed by atoms with Gasteiger partial charge in [0.15, 0.2) is 6.61 Å². The predicted molar refractivity (Wildman–Crippen MR) is 94.6 cm³/mol. The Morgan fingerprint density at radius 3 is 2.27 bits per heavy atom. The van der Waals surface area contributed by atoms with Crippen LogP contribution in [0, 0.1) is 0 Å². The van der Waals surface area contributed by atoms with Crippen LogP contribution in [-0.4, -0.2) is 31.1 Å². The Labute approximate surface area is 150 Å². The third-order valence-corrected chi connectivity index (χ3v) is 3.08. The molecule has 0 saturated heterocycles. The third kappa shape index (κ3) is 6.16. The summed E-state index contributed by atoms with van der Waals surface area (Å²) in [5.41, 5.74) is 5.42. The first kappa shape index (κ1) is 18.8. The highest BCUT2D eigenvalue weighted by atomic mass is 16.5. The van der Waals surface area contributed by atoms with E-state index >= 15 is 0 Å². The summed E-state index contributed by atoms with van der Waals surface area (Å²) in [6, 6.07) is 14.4. The Morgan fingerprint density at radius 2 is 1.62 bits per heavy atom. The van der Waals surface area contributed by atoms with Crippen molar-refractivity contribution in [1.29, 1.82) is 0 Å². The summed E-state index contributed by atoms with van der Waals surface area (Å²) in [7, 11) is 0. The Balaban J connectivity index is 1.71. The van der Waals surface area contributed by atoms with Crippen molar-refractivity contribution < 1.29 is 23.9 Å². The number of nitrogens with one attached hydrogen (secondary N) is 3. The molecular formula is C18H19N3O5. The summed E-state index contributed by atoms with van der Waals surface area (Å²) in [5, 5.41) is 2.55. The van der Waals surface area contributed by atoms with Crippen LogP contribution in [0.4, 0.5) is 10.5 Å². The lowest BCUT2D eigenvalue weighted by Crippen LogP contribution is -2.45. The van der Waals surface area contributed by atoms with Crippen LogP contribution in [0.25, 0.3) is 0 Å². The molecule has 0 saturated carbocycles. The molecule has 0 unspecified atom stereocenters. The van der Waals surface area contributed by atoms with Gasteiger partial charge in [-0.05, 0) is 43.3 Å². The van der Waals surface area contributed by atoms with Gasteiger partial charge in [-0.25, -0.2) is 15.0 Å². The fourth-order valence-corrected chi connectivity index (χ4v) is 1.90. The van der Waals surface area contributed by atoms with Crippen LogP contribution in [0.3, 0.4) is 0 Å². The number of amides is 3. The minimum absolute atomic E-state index is 0.294. The van der Waals surface area contributed by atoms with Gasteiger partial charge in [-0.3, -0.25) is 10.2 Å². The number of esters is 1. The number of carbonyl (C=O) groups excluding carboxylic acids is 3. The molecule has 2 rings (SSSR count). The SMILES string of the molecule is CCOC(=O)c1ccc(OCC(=O)NNC(=O)Nc2ccccc2)cc1. The van der Waals surface area contributed by atoms with Crippen molar-refractivity contribution in [2.75, 3.05) is 18.5 Å². The van der Waals surface area contributed by atoms with E-state index in [9.17, 15) is 14.4 Å². The topological polar surface area (TPSA) is 106 Å². The van der Waals surface area contributed by atoms with E-state index in [4.69, 9.17) is 9.47 Å². The van der Waals surface area contributed by atoms with Gasteiger partial charge in [0, 0.05) is 5.69 Å². The number of urea groups is 1. The molecule has 136 valence electrons.